The van der Waals surface area contributed by atoms with Crippen molar-refractivity contribution in [1.82, 2.24) is 0 Å². The Balaban J connectivity index is 1.40. The molecule has 1 saturated heterocycles. The molecule has 1 heterocycles. The van der Waals surface area contributed by atoms with Gasteiger partial charge in [-0.15, -0.1) is 0 Å². The second kappa shape index (κ2) is 13.3. The molecule has 8 heteroatoms. The number of para-hydroxylation sites is 1. The number of carbonyl (C=O) groups is 3. The van der Waals surface area contributed by atoms with Crippen molar-refractivity contribution in [2.75, 3.05) is 6.61 Å². The van der Waals surface area contributed by atoms with Gasteiger partial charge in [-0.2, -0.15) is 0 Å². The second-order valence-corrected chi connectivity index (χ2v) is 9.80. The molecule has 0 bridgehead atoms. The van der Waals surface area contributed by atoms with Gasteiger partial charge in [0, 0.05) is 31.1 Å². The van der Waals surface area contributed by atoms with Gasteiger partial charge in [-0.3, -0.25) is 9.59 Å². The Morgan fingerprint density at radius 2 is 1.79 bits per heavy atom. The summed E-state index contributed by atoms with van der Waals surface area (Å²) in [4.78, 5) is 36.9. The van der Waals surface area contributed by atoms with Crippen LogP contribution in [0.15, 0.2) is 66.7 Å². The van der Waals surface area contributed by atoms with Crippen LogP contribution in [-0.4, -0.2) is 53.0 Å². The van der Waals surface area contributed by atoms with E-state index in [1.807, 2.05) is 24.3 Å². The summed E-state index contributed by atoms with van der Waals surface area (Å²) in [6.07, 6.45) is 4.42. The minimum absolute atomic E-state index is 0.105. The van der Waals surface area contributed by atoms with Crippen LogP contribution in [0.2, 0.25) is 0 Å². The van der Waals surface area contributed by atoms with E-state index in [1.165, 1.54) is 6.08 Å². The average molecular weight is 523 g/mol. The quantitative estimate of drug-likeness (QED) is 0.330. The molecule has 0 radical (unpaired) electrons. The first-order valence-corrected chi connectivity index (χ1v) is 13.1. The highest BCUT2D eigenvalue weighted by atomic mass is 16.7. The third-order valence-electron chi connectivity index (χ3n) is 7.08. The number of aryl methyl sites for hydroxylation is 1. The summed E-state index contributed by atoms with van der Waals surface area (Å²) in [6, 6.07) is 16.0. The number of aliphatic hydroxyl groups is 1. The van der Waals surface area contributed by atoms with Crippen molar-refractivity contribution in [2.45, 2.75) is 63.4 Å². The Hall–Kier alpha value is -3.49. The molecular weight excluding hydrogens is 488 g/mol. The number of rotatable bonds is 11. The number of ether oxygens (including phenoxy) is 3. The zero-order valence-electron chi connectivity index (χ0n) is 21.2. The van der Waals surface area contributed by atoms with E-state index in [1.54, 1.807) is 36.4 Å². The van der Waals surface area contributed by atoms with Crippen molar-refractivity contribution in [3.63, 3.8) is 0 Å². The molecule has 0 aromatic heterocycles. The minimum Gasteiger partial charge on any atom is -0.481 e. The molecule has 1 aliphatic heterocycles. The number of hydrogen-bond acceptors (Lipinski definition) is 7. The van der Waals surface area contributed by atoms with Gasteiger partial charge in [0.15, 0.2) is 12.1 Å². The SMILES string of the molecule is O=C(O)C[C@H]1[C@H](C=CC(=O)CCc2ccccc2OC2CCCCO2)[C@@H](OC(=O)c2ccccc2)C[C@H]1O. The van der Waals surface area contributed by atoms with Crippen molar-refractivity contribution in [2.24, 2.45) is 11.8 Å². The van der Waals surface area contributed by atoms with Gasteiger partial charge in [0.1, 0.15) is 11.9 Å². The standard InChI is InChI=1S/C30H34O8/c31-22(14-13-20-8-4-5-11-26(20)37-29-12-6-7-17-36-29)15-16-23-24(18-28(33)34)25(32)19-27(23)38-30(35)21-9-2-1-3-10-21/h1-5,8-11,15-16,23-25,27,29,32H,6-7,12-14,17-19H2,(H,33,34)/t23-,24-,25+,27-,29?/m0/s1. The van der Waals surface area contributed by atoms with Gasteiger partial charge in [-0.25, -0.2) is 4.79 Å². The summed E-state index contributed by atoms with van der Waals surface area (Å²) in [5.74, 6) is -2.34. The Kier molecular flexibility index (Phi) is 9.67. The topological polar surface area (TPSA) is 119 Å². The summed E-state index contributed by atoms with van der Waals surface area (Å²) in [7, 11) is 0. The van der Waals surface area contributed by atoms with Crippen molar-refractivity contribution >= 4 is 17.7 Å². The molecule has 2 aliphatic rings. The first kappa shape index (κ1) is 27.5. The number of carbonyl (C=O) groups excluding carboxylic acids is 2. The van der Waals surface area contributed by atoms with E-state index in [9.17, 15) is 24.6 Å². The number of esters is 1. The Morgan fingerprint density at radius 1 is 1.03 bits per heavy atom. The lowest BCUT2D eigenvalue weighted by Crippen LogP contribution is -2.26. The van der Waals surface area contributed by atoms with Gasteiger partial charge in [0.05, 0.1) is 24.7 Å². The van der Waals surface area contributed by atoms with Crippen LogP contribution in [-0.2, 0) is 25.5 Å². The first-order valence-electron chi connectivity index (χ1n) is 13.1. The predicted molar refractivity (Wildman–Crippen MR) is 139 cm³/mol. The number of allylic oxidation sites excluding steroid dienone is 1. The highest BCUT2D eigenvalue weighted by Gasteiger charge is 2.44. The summed E-state index contributed by atoms with van der Waals surface area (Å²) >= 11 is 0. The largest absolute Gasteiger partial charge is 0.481 e. The summed E-state index contributed by atoms with van der Waals surface area (Å²) < 4.78 is 17.4. The highest BCUT2D eigenvalue weighted by molar-refractivity contribution is 5.90. The van der Waals surface area contributed by atoms with Gasteiger partial charge in [0.2, 0.25) is 0 Å². The zero-order valence-corrected chi connectivity index (χ0v) is 21.2. The van der Waals surface area contributed by atoms with Crippen LogP contribution in [0.5, 0.6) is 5.75 Å². The molecule has 2 aromatic rings. The number of hydrogen-bond donors (Lipinski definition) is 2. The number of benzene rings is 2. The normalized spacial score (nSPS) is 25.2. The summed E-state index contributed by atoms with van der Waals surface area (Å²) in [5.41, 5.74) is 1.26. The molecular formula is C30H34O8. The van der Waals surface area contributed by atoms with Crippen LogP contribution in [0.25, 0.3) is 0 Å². The fourth-order valence-electron chi connectivity index (χ4n) is 5.08. The maximum atomic E-state index is 12.8. The number of carboxylic acid groups (broad SMARTS) is 1. The highest BCUT2D eigenvalue weighted by Crippen LogP contribution is 2.38. The molecule has 8 nitrogen and oxygen atoms in total. The van der Waals surface area contributed by atoms with Gasteiger partial charge in [-0.1, -0.05) is 42.5 Å². The Morgan fingerprint density at radius 3 is 2.53 bits per heavy atom. The molecule has 1 unspecified atom stereocenters. The van der Waals surface area contributed by atoms with E-state index < -0.39 is 36.0 Å². The smallest absolute Gasteiger partial charge is 0.338 e. The fourth-order valence-corrected chi connectivity index (χ4v) is 5.08. The third kappa shape index (κ3) is 7.52. The van der Waals surface area contributed by atoms with Crippen LogP contribution >= 0.6 is 0 Å². The average Bonchev–Trinajstić information content (AvgIpc) is 3.20. The lowest BCUT2D eigenvalue weighted by atomic mass is 9.89. The molecule has 1 saturated carbocycles. The van der Waals surface area contributed by atoms with Crippen LogP contribution in [0.4, 0.5) is 0 Å². The van der Waals surface area contributed by atoms with Gasteiger partial charge in [0.25, 0.3) is 0 Å². The number of ketones is 1. The van der Waals surface area contributed by atoms with Crippen molar-refractivity contribution in [3.05, 3.63) is 77.9 Å². The van der Waals surface area contributed by atoms with Gasteiger partial charge < -0.3 is 24.4 Å². The van der Waals surface area contributed by atoms with E-state index >= 15 is 0 Å². The first-order chi connectivity index (χ1) is 18.4. The zero-order chi connectivity index (χ0) is 26.9. The Bertz CT molecular complexity index is 1120. The third-order valence-corrected chi connectivity index (χ3v) is 7.08. The molecule has 2 fully saturated rings. The number of aliphatic carboxylic acids is 1. The molecule has 1 aliphatic carbocycles. The van der Waals surface area contributed by atoms with E-state index in [0.29, 0.717) is 24.3 Å². The maximum Gasteiger partial charge on any atom is 0.338 e. The molecule has 2 aromatic carbocycles. The van der Waals surface area contributed by atoms with E-state index in [-0.39, 0.29) is 31.3 Å². The van der Waals surface area contributed by atoms with Crippen LogP contribution in [0, 0.1) is 11.8 Å². The number of aliphatic hydroxyl groups excluding tert-OH is 1. The Labute approximate surface area is 222 Å². The molecule has 2 N–H and O–H groups in total. The van der Waals surface area contributed by atoms with Crippen LogP contribution < -0.4 is 4.74 Å². The second-order valence-electron chi connectivity index (χ2n) is 9.80. The maximum absolute atomic E-state index is 12.8. The van der Waals surface area contributed by atoms with Crippen LogP contribution in [0.1, 0.15) is 54.4 Å². The molecule has 0 spiro atoms. The van der Waals surface area contributed by atoms with Crippen LogP contribution in [0.3, 0.4) is 0 Å². The van der Waals surface area contributed by atoms with E-state index in [2.05, 4.69) is 0 Å². The molecule has 0 amide bonds. The summed E-state index contributed by atoms with van der Waals surface area (Å²) in [6.45, 7) is 0.677. The van der Waals surface area contributed by atoms with E-state index in [0.717, 1.165) is 24.8 Å². The van der Waals surface area contributed by atoms with Gasteiger partial charge >= 0.3 is 11.9 Å². The molecule has 5 atom stereocenters. The lowest BCUT2D eigenvalue weighted by Gasteiger charge is -2.24. The van der Waals surface area contributed by atoms with Crippen molar-refractivity contribution < 1.29 is 38.8 Å². The fraction of sp³-hybridized carbons (Fsp3) is 0.433. The molecule has 38 heavy (non-hydrogen) atoms. The molecule has 202 valence electrons. The van der Waals surface area contributed by atoms with Gasteiger partial charge in [-0.05, 0) is 49.1 Å². The summed E-state index contributed by atoms with van der Waals surface area (Å²) in [5, 5.41) is 19.9. The van der Waals surface area contributed by atoms with Crippen molar-refractivity contribution in [1.29, 1.82) is 0 Å². The minimum atomic E-state index is -1.06. The van der Waals surface area contributed by atoms with E-state index in [4.69, 9.17) is 14.2 Å². The van der Waals surface area contributed by atoms with Crippen molar-refractivity contribution in [3.8, 4) is 5.75 Å². The number of carboxylic acids is 1. The lowest BCUT2D eigenvalue weighted by molar-refractivity contribution is -0.139. The molecule has 4 rings (SSSR count). The monoisotopic (exact) mass is 522 g/mol. The predicted octanol–water partition coefficient (Wildman–Crippen LogP) is 4.35.